The van der Waals surface area contributed by atoms with Gasteiger partial charge in [-0.3, -0.25) is 4.79 Å². The summed E-state index contributed by atoms with van der Waals surface area (Å²) >= 11 is 1.26. The number of anilines is 1. The van der Waals surface area contributed by atoms with Gasteiger partial charge in [-0.25, -0.2) is 14.8 Å². The van der Waals surface area contributed by atoms with Crippen LogP contribution in [0, 0.1) is 0 Å². The lowest BCUT2D eigenvalue weighted by atomic mass is 10.3. The van der Waals surface area contributed by atoms with Crippen LogP contribution in [0.5, 0.6) is 0 Å². The van der Waals surface area contributed by atoms with Crippen molar-refractivity contribution < 1.29 is 14.7 Å². The van der Waals surface area contributed by atoms with E-state index in [4.69, 9.17) is 5.11 Å². The summed E-state index contributed by atoms with van der Waals surface area (Å²) in [7, 11) is 3.64. The number of nitrogens with zero attached hydrogens (tertiary/aromatic N) is 3. The van der Waals surface area contributed by atoms with Gasteiger partial charge in [0.1, 0.15) is 11.1 Å². The highest BCUT2D eigenvalue weighted by Gasteiger charge is 2.18. The first-order chi connectivity index (χ1) is 8.90. The molecule has 2 N–H and O–H groups in total. The van der Waals surface area contributed by atoms with Crippen molar-refractivity contribution in [2.75, 3.05) is 24.7 Å². The molecule has 0 bridgehead atoms. The molecule has 0 saturated heterocycles. The van der Waals surface area contributed by atoms with Gasteiger partial charge in [-0.15, -0.1) is 11.8 Å². The molecule has 0 aliphatic heterocycles. The lowest BCUT2D eigenvalue weighted by molar-refractivity contribution is -0.140. The minimum atomic E-state index is -1.07. The highest BCUT2D eigenvalue weighted by Crippen LogP contribution is 2.17. The van der Waals surface area contributed by atoms with Crippen LogP contribution in [0.25, 0.3) is 0 Å². The lowest BCUT2D eigenvalue weighted by Gasteiger charge is -2.13. The molecule has 1 aromatic heterocycles. The van der Waals surface area contributed by atoms with Crippen molar-refractivity contribution in [2.45, 2.75) is 18.0 Å². The van der Waals surface area contributed by atoms with Crippen molar-refractivity contribution in [3.8, 4) is 0 Å². The Bertz CT molecular complexity index is 467. The van der Waals surface area contributed by atoms with Crippen LogP contribution in [0.2, 0.25) is 0 Å². The number of carbonyl (C=O) groups excluding carboxylic acids is 1. The molecular formula is C11H16N4O3S. The molecule has 8 heteroatoms. The summed E-state index contributed by atoms with van der Waals surface area (Å²) in [5.74, 6) is -0.677. The molecule has 0 fully saturated rings. The number of nitrogens with one attached hydrogen (secondary N) is 1. The molecule has 0 aliphatic carbocycles. The Morgan fingerprint density at radius 3 is 2.74 bits per heavy atom. The molecule has 0 aromatic carbocycles. The molecule has 0 radical (unpaired) electrons. The monoisotopic (exact) mass is 284 g/mol. The van der Waals surface area contributed by atoms with E-state index < -0.39 is 12.0 Å². The highest BCUT2D eigenvalue weighted by atomic mass is 32.2. The number of hydrogen-bond acceptors (Lipinski definition) is 6. The van der Waals surface area contributed by atoms with E-state index >= 15 is 0 Å². The summed E-state index contributed by atoms with van der Waals surface area (Å²) < 4.78 is 0. The maximum atomic E-state index is 11.0. The zero-order valence-electron chi connectivity index (χ0n) is 11.0. The number of rotatable bonds is 6. The van der Waals surface area contributed by atoms with E-state index in [0.717, 1.165) is 0 Å². The molecule has 104 valence electrons. The largest absolute Gasteiger partial charge is 0.480 e. The second kappa shape index (κ2) is 6.93. The third-order valence-electron chi connectivity index (χ3n) is 2.09. The third-order valence-corrected chi connectivity index (χ3v) is 3.11. The molecule has 19 heavy (non-hydrogen) atoms. The quantitative estimate of drug-likeness (QED) is 0.570. The molecule has 7 nitrogen and oxygen atoms in total. The third kappa shape index (κ3) is 5.12. The first kappa shape index (κ1) is 15.2. The molecule has 1 amide bonds. The summed E-state index contributed by atoms with van der Waals surface area (Å²) in [5, 5.41) is 12.0. The predicted octanol–water partition coefficient (Wildman–Crippen LogP) is 0.224. The van der Waals surface area contributed by atoms with Crippen LogP contribution in [0.1, 0.15) is 6.92 Å². The van der Waals surface area contributed by atoms with Gasteiger partial charge in [0.15, 0.2) is 0 Å². The van der Waals surface area contributed by atoms with Crippen LogP contribution in [0.15, 0.2) is 17.3 Å². The van der Waals surface area contributed by atoms with Crippen molar-refractivity contribution in [3.63, 3.8) is 0 Å². The predicted molar refractivity (Wildman–Crippen MR) is 72.3 cm³/mol. The number of amides is 1. The zero-order valence-corrected chi connectivity index (χ0v) is 11.8. The van der Waals surface area contributed by atoms with Crippen molar-refractivity contribution >= 4 is 29.6 Å². The number of carboxylic acid groups (broad SMARTS) is 1. The average Bonchev–Trinajstić information content (AvgIpc) is 2.34. The molecule has 0 spiro atoms. The maximum Gasteiger partial charge on any atom is 0.327 e. The minimum Gasteiger partial charge on any atom is -0.480 e. The molecular weight excluding hydrogens is 268 g/mol. The Kier molecular flexibility index (Phi) is 5.56. The van der Waals surface area contributed by atoms with Gasteiger partial charge < -0.3 is 15.3 Å². The van der Waals surface area contributed by atoms with Gasteiger partial charge in [-0.2, -0.15) is 0 Å². The van der Waals surface area contributed by atoms with E-state index in [2.05, 4.69) is 15.3 Å². The van der Waals surface area contributed by atoms with Crippen LogP contribution in [0.4, 0.5) is 5.95 Å². The molecule has 1 aromatic rings. The Labute approximate surface area is 115 Å². The van der Waals surface area contributed by atoms with Crippen molar-refractivity contribution in [2.24, 2.45) is 0 Å². The second-order valence-corrected chi connectivity index (χ2v) is 5.03. The number of aliphatic carboxylic acids is 1. The molecule has 1 heterocycles. The molecule has 0 aliphatic rings. The van der Waals surface area contributed by atoms with E-state index in [0.29, 0.717) is 11.0 Å². The van der Waals surface area contributed by atoms with Gasteiger partial charge in [0.05, 0.1) is 0 Å². The number of carbonyl (C=O) groups is 2. The fourth-order valence-electron chi connectivity index (χ4n) is 1.22. The Hall–Kier alpha value is -1.83. The zero-order chi connectivity index (χ0) is 14.4. The highest BCUT2D eigenvalue weighted by molar-refractivity contribution is 7.99. The SMILES string of the molecule is CC(=O)N[C@@H](CSc1ccnc(N(C)C)n1)C(=O)O. The van der Waals surface area contributed by atoms with Crippen molar-refractivity contribution in [3.05, 3.63) is 12.3 Å². The first-order valence-corrected chi connectivity index (χ1v) is 6.51. The summed E-state index contributed by atoms with van der Waals surface area (Å²) in [6, 6.07) is 0.768. The van der Waals surface area contributed by atoms with Crippen LogP contribution in [-0.4, -0.2) is 52.8 Å². The van der Waals surface area contributed by atoms with Gasteiger partial charge in [0.2, 0.25) is 11.9 Å². The number of carboxylic acids is 1. The standard InChI is InChI=1S/C11H16N4O3S/c1-7(16)13-8(10(17)18)6-19-9-4-5-12-11(14-9)15(2)3/h4-5,8H,6H2,1-3H3,(H,13,16)(H,17,18)/t8-/m0/s1. The fourth-order valence-corrected chi connectivity index (χ4v) is 2.08. The van der Waals surface area contributed by atoms with Gasteiger partial charge in [0, 0.05) is 33.0 Å². The number of aromatic nitrogens is 2. The first-order valence-electron chi connectivity index (χ1n) is 5.53. The van der Waals surface area contributed by atoms with Gasteiger partial charge in [-0.1, -0.05) is 0 Å². The van der Waals surface area contributed by atoms with Crippen molar-refractivity contribution in [1.29, 1.82) is 0 Å². The smallest absolute Gasteiger partial charge is 0.327 e. The van der Waals surface area contributed by atoms with Gasteiger partial charge >= 0.3 is 5.97 Å². The lowest BCUT2D eigenvalue weighted by Crippen LogP contribution is -2.41. The van der Waals surface area contributed by atoms with E-state index in [1.54, 1.807) is 17.2 Å². The van der Waals surface area contributed by atoms with E-state index in [1.165, 1.54) is 18.7 Å². The average molecular weight is 284 g/mol. The summed E-state index contributed by atoms with van der Waals surface area (Å²) in [4.78, 5) is 31.9. The molecule has 1 atom stereocenters. The Morgan fingerprint density at radius 1 is 1.53 bits per heavy atom. The van der Waals surface area contributed by atoms with E-state index in [1.807, 2.05) is 14.1 Å². The second-order valence-electron chi connectivity index (χ2n) is 3.99. The normalized spacial score (nSPS) is 11.7. The molecule has 0 unspecified atom stereocenters. The van der Waals surface area contributed by atoms with Gasteiger partial charge in [0.25, 0.3) is 0 Å². The number of thioether (sulfide) groups is 1. The molecule has 1 rings (SSSR count). The van der Waals surface area contributed by atoms with E-state index in [-0.39, 0.29) is 11.7 Å². The summed E-state index contributed by atoms with van der Waals surface area (Å²) in [5.41, 5.74) is 0. The topological polar surface area (TPSA) is 95.4 Å². The Morgan fingerprint density at radius 2 is 2.21 bits per heavy atom. The van der Waals surface area contributed by atoms with Crippen LogP contribution < -0.4 is 10.2 Å². The van der Waals surface area contributed by atoms with Crippen LogP contribution in [-0.2, 0) is 9.59 Å². The summed E-state index contributed by atoms with van der Waals surface area (Å²) in [6.45, 7) is 1.29. The van der Waals surface area contributed by atoms with E-state index in [9.17, 15) is 9.59 Å². The van der Waals surface area contributed by atoms with Crippen LogP contribution >= 0.6 is 11.8 Å². The summed E-state index contributed by atoms with van der Waals surface area (Å²) in [6.07, 6.45) is 1.61. The van der Waals surface area contributed by atoms with Gasteiger partial charge in [-0.05, 0) is 6.07 Å². The fraction of sp³-hybridized carbons (Fsp3) is 0.455. The van der Waals surface area contributed by atoms with Crippen molar-refractivity contribution in [1.82, 2.24) is 15.3 Å². The number of hydrogen-bond donors (Lipinski definition) is 2. The molecule has 0 saturated carbocycles. The Balaban J connectivity index is 2.66. The maximum absolute atomic E-state index is 11.0. The van der Waals surface area contributed by atoms with Crippen LogP contribution in [0.3, 0.4) is 0 Å². The minimum absolute atomic E-state index is 0.207.